The fourth-order valence-corrected chi connectivity index (χ4v) is 5.04. The van der Waals surface area contributed by atoms with E-state index in [0.717, 1.165) is 12.1 Å². The highest BCUT2D eigenvalue weighted by Gasteiger charge is 2.40. The second kappa shape index (κ2) is 5.12. The minimum absolute atomic E-state index is 0.185. The Hall–Kier alpha value is -1.37. The van der Waals surface area contributed by atoms with Crippen LogP contribution in [0.15, 0.2) is 12.1 Å². The molecule has 0 bridgehead atoms. The van der Waals surface area contributed by atoms with E-state index in [-0.39, 0.29) is 23.1 Å². The molecule has 0 aromatic heterocycles. The third kappa shape index (κ3) is 2.71. The number of benzene rings is 1. The van der Waals surface area contributed by atoms with Crippen molar-refractivity contribution in [3.05, 3.63) is 23.8 Å². The van der Waals surface area contributed by atoms with Gasteiger partial charge in [-0.1, -0.05) is 0 Å². The van der Waals surface area contributed by atoms with Gasteiger partial charge < -0.3 is 10.0 Å². The minimum atomic E-state index is -2.83. The number of hydrogen-bond donors (Lipinski definition) is 1. The molecule has 4 nitrogen and oxygen atoms in total. The van der Waals surface area contributed by atoms with Crippen molar-refractivity contribution in [2.24, 2.45) is 11.8 Å². The van der Waals surface area contributed by atoms with Crippen LogP contribution in [0.2, 0.25) is 0 Å². The molecular formula is C14H17F2NO3S. The largest absolute Gasteiger partial charge is 0.505 e. The minimum Gasteiger partial charge on any atom is -0.505 e. The first-order valence-corrected chi connectivity index (χ1v) is 8.82. The maximum atomic E-state index is 13.9. The number of phenols is 1. The lowest BCUT2D eigenvalue weighted by molar-refractivity contribution is 0.295. The van der Waals surface area contributed by atoms with Crippen LogP contribution < -0.4 is 4.90 Å². The molecule has 0 spiro atoms. The fourth-order valence-electron chi connectivity index (χ4n) is 3.29. The van der Waals surface area contributed by atoms with Crippen molar-refractivity contribution >= 4 is 15.5 Å². The predicted molar refractivity (Wildman–Crippen MR) is 75.1 cm³/mol. The Morgan fingerprint density at radius 2 is 1.71 bits per heavy atom. The summed E-state index contributed by atoms with van der Waals surface area (Å²) >= 11 is 0. The zero-order valence-electron chi connectivity index (χ0n) is 11.4. The molecule has 0 atom stereocenters. The first-order chi connectivity index (χ1) is 9.87. The van der Waals surface area contributed by atoms with Crippen LogP contribution in [0.1, 0.15) is 12.8 Å². The number of piperidine rings is 1. The van der Waals surface area contributed by atoms with E-state index >= 15 is 0 Å². The summed E-state index contributed by atoms with van der Waals surface area (Å²) in [4.78, 5) is 1.59. The lowest BCUT2D eigenvalue weighted by Gasteiger charge is -2.40. The summed E-state index contributed by atoms with van der Waals surface area (Å²) in [7, 11) is -2.83. The number of halogens is 2. The Balaban J connectivity index is 1.68. The molecule has 1 aromatic carbocycles. The van der Waals surface area contributed by atoms with Crippen LogP contribution in [0.25, 0.3) is 0 Å². The van der Waals surface area contributed by atoms with Crippen molar-refractivity contribution in [2.45, 2.75) is 12.8 Å². The summed E-state index contributed by atoms with van der Waals surface area (Å²) in [6.45, 7) is 0.941. The van der Waals surface area contributed by atoms with E-state index in [2.05, 4.69) is 0 Å². The van der Waals surface area contributed by atoms with Gasteiger partial charge in [0.1, 0.15) is 11.5 Å². The highest BCUT2D eigenvalue weighted by Crippen LogP contribution is 2.37. The topological polar surface area (TPSA) is 57.6 Å². The van der Waals surface area contributed by atoms with Crippen molar-refractivity contribution in [3.63, 3.8) is 0 Å². The Bertz CT molecular complexity index is 642. The fraction of sp³-hybridized carbons (Fsp3) is 0.571. The molecule has 1 N–H and O–H groups in total. The van der Waals surface area contributed by atoms with Crippen LogP contribution in [0.5, 0.6) is 5.75 Å². The van der Waals surface area contributed by atoms with Crippen molar-refractivity contribution in [2.75, 3.05) is 29.5 Å². The van der Waals surface area contributed by atoms with Gasteiger partial charge in [-0.25, -0.2) is 17.2 Å². The molecule has 1 aromatic rings. The molecule has 2 fully saturated rings. The van der Waals surface area contributed by atoms with Gasteiger partial charge in [0.2, 0.25) is 0 Å². The molecule has 21 heavy (non-hydrogen) atoms. The molecule has 2 aliphatic rings. The van der Waals surface area contributed by atoms with Gasteiger partial charge in [-0.3, -0.25) is 0 Å². The van der Waals surface area contributed by atoms with Crippen molar-refractivity contribution in [3.8, 4) is 5.75 Å². The molecule has 2 heterocycles. The SMILES string of the molecule is O=S1(=O)CC(C2CCN(c3c(F)ccc(O)c3F)CC2)C1. The quantitative estimate of drug-likeness (QED) is 0.905. The summed E-state index contributed by atoms with van der Waals surface area (Å²) < 4.78 is 50.1. The Morgan fingerprint density at radius 1 is 1.10 bits per heavy atom. The van der Waals surface area contributed by atoms with Crippen LogP contribution in [0.4, 0.5) is 14.5 Å². The van der Waals surface area contributed by atoms with E-state index in [4.69, 9.17) is 0 Å². The Morgan fingerprint density at radius 3 is 2.29 bits per heavy atom. The second-order valence-corrected chi connectivity index (χ2v) is 8.04. The van der Waals surface area contributed by atoms with Gasteiger partial charge in [-0.05, 0) is 36.8 Å². The molecule has 7 heteroatoms. The average Bonchev–Trinajstić information content (AvgIpc) is 2.41. The monoisotopic (exact) mass is 317 g/mol. The molecule has 2 aliphatic heterocycles. The lowest BCUT2D eigenvalue weighted by Crippen LogP contribution is -2.46. The van der Waals surface area contributed by atoms with Crippen LogP contribution in [-0.4, -0.2) is 38.1 Å². The molecular weight excluding hydrogens is 300 g/mol. The number of phenolic OH excluding ortho intramolecular Hbond substituents is 1. The van der Waals surface area contributed by atoms with Gasteiger partial charge in [-0.15, -0.1) is 0 Å². The smallest absolute Gasteiger partial charge is 0.191 e. The van der Waals surface area contributed by atoms with E-state index in [1.165, 1.54) is 0 Å². The Kier molecular flexibility index (Phi) is 3.55. The van der Waals surface area contributed by atoms with Gasteiger partial charge in [-0.2, -0.15) is 0 Å². The van der Waals surface area contributed by atoms with Crippen molar-refractivity contribution < 1.29 is 22.3 Å². The van der Waals surface area contributed by atoms with Gasteiger partial charge in [0.15, 0.2) is 21.4 Å². The normalized spacial score (nSPS) is 23.0. The predicted octanol–water partition coefficient (Wildman–Crippen LogP) is 1.93. The third-order valence-electron chi connectivity index (χ3n) is 4.51. The molecule has 116 valence electrons. The van der Waals surface area contributed by atoms with E-state index in [9.17, 15) is 22.3 Å². The van der Waals surface area contributed by atoms with Crippen molar-refractivity contribution in [1.29, 1.82) is 0 Å². The van der Waals surface area contributed by atoms with Gasteiger partial charge in [0, 0.05) is 13.1 Å². The number of aromatic hydroxyl groups is 1. The standard InChI is InChI=1S/C14H17F2NO3S/c15-11-1-2-12(18)13(16)14(11)17-5-3-9(4-6-17)10-7-21(19,20)8-10/h1-2,9-10,18H,3-8H2. The zero-order chi connectivity index (χ0) is 15.2. The maximum Gasteiger partial charge on any atom is 0.191 e. The molecule has 0 amide bonds. The summed E-state index contributed by atoms with van der Waals surface area (Å²) in [6, 6.07) is 2.05. The number of nitrogens with zero attached hydrogens (tertiary/aromatic N) is 1. The van der Waals surface area contributed by atoms with E-state index < -0.39 is 27.2 Å². The van der Waals surface area contributed by atoms with E-state index in [0.29, 0.717) is 31.8 Å². The number of hydrogen-bond acceptors (Lipinski definition) is 4. The highest BCUT2D eigenvalue weighted by molar-refractivity contribution is 7.92. The van der Waals surface area contributed by atoms with Gasteiger partial charge in [0.25, 0.3) is 0 Å². The van der Waals surface area contributed by atoms with Gasteiger partial charge in [0.05, 0.1) is 11.5 Å². The van der Waals surface area contributed by atoms with Crippen molar-refractivity contribution in [1.82, 2.24) is 0 Å². The van der Waals surface area contributed by atoms with Gasteiger partial charge >= 0.3 is 0 Å². The van der Waals surface area contributed by atoms with Crippen LogP contribution >= 0.6 is 0 Å². The highest BCUT2D eigenvalue weighted by atomic mass is 32.2. The summed E-state index contributed by atoms with van der Waals surface area (Å²) in [6.07, 6.45) is 1.43. The second-order valence-electron chi connectivity index (χ2n) is 5.89. The summed E-state index contributed by atoms with van der Waals surface area (Å²) in [5, 5.41) is 9.37. The van der Waals surface area contributed by atoms with Crippen LogP contribution in [0, 0.1) is 23.5 Å². The average molecular weight is 317 g/mol. The summed E-state index contributed by atoms with van der Waals surface area (Å²) in [5.74, 6) is -1.20. The number of anilines is 1. The van der Waals surface area contributed by atoms with Crippen LogP contribution in [0.3, 0.4) is 0 Å². The Labute approximate surface area is 122 Å². The maximum absolute atomic E-state index is 13.9. The molecule has 0 aliphatic carbocycles. The van der Waals surface area contributed by atoms with E-state index in [1.54, 1.807) is 4.90 Å². The number of rotatable bonds is 2. The van der Waals surface area contributed by atoms with Crippen LogP contribution in [-0.2, 0) is 9.84 Å². The molecule has 0 saturated carbocycles. The molecule has 0 unspecified atom stereocenters. The zero-order valence-corrected chi connectivity index (χ0v) is 12.2. The lowest BCUT2D eigenvalue weighted by atomic mass is 9.86. The molecule has 0 radical (unpaired) electrons. The third-order valence-corrected chi connectivity index (χ3v) is 6.38. The molecule has 3 rings (SSSR count). The summed E-state index contributed by atoms with van der Waals surface area (Å²) in [5.41, 5.74) is -0.185. The first kappa shape index (κ1) is 14.6. The first-order valence-electron chi connectivity index (χ1n) is 7.00. The van der Waals surface area contributed by atoms with E-state index in [1.807, 2.05) is 0 Å². The number of sulfone groups is 1. The molecule has 2 saturated heterocycles.